The summed E-state index contributed by atoms with van der Waals surface area (Å²) >= 11 is 0. The molecule has 1 aliphatic carbocycles. The van der Waals surface area contributed by atoms with Gasteiger partial charge in [-0.15, -0.1) is 0 Å². The summed E-state index contributed by atoms with van der Waals surface area (Å²) in [6.07, 6.45) is 2.29. The van der Waals surface area contributed by atoms with Crippen LogP contribution in [-0.2, 0) is 16.0 Å². The van der Waals surface area contributed by atoms with Crippen molar-refractivity contribution in [1.82, 2.24) is 9.55 Å². The molecule has 1 aromatic carbocycles. The number of Topliss-reactive ketones (excluding diaryl/α,β-unsaturated/α-hetero) is 1. The van der Waals surface area contributed by atoms with E-state index in [9.17, 15) is 24.0 Å². The van der Waals surface area contributed by atoms with Crippen molar-refractivity contribution < 1.29 is 19.1 Å². The Kier molecular flexibility index (Phi) is 4.53. The van der Waals surface area contributed by atoms with Crippen molar-refractivity contribution in [2.45, 2.75) is 31.7 Å². The molecule has 1 aromatic heterocycles. The number of aromatic nitrogens is 2. The smallest absolute Gasteiger partial charge is 0.338 e. The highest BCUT2D eigenvalue weighted by Gasteiger charge is 2.30. The quantitative estimate of drug-likeness (QED) is 0.486. The second-order valence-electron chi connectivity index (χ2n) is 7.04. The third kappa shape index (κ3) is 3.56. The van der Waals surface area contributed by atoms with Gasteiger partial charge in [-0.05, 0) is 43.0 Å². The molecule has 10 nitrogen and oxygen atoms in total. The van der Waals surface area contributed by atoms with E-state index in [0.29, 0.717) is 18.5 Å². The van der Waals surface area contributed by atoms with Crippen LogP contribution in [0.15, 0.2) is 27.8 Å². The lowest BCUT2D eigenvalue weighted by Gasteiger charge is -2.17. The van der Waals surface area contributed by atoms with Crippen LogP contribution >= 0.6 is 0 Å². The molecule has 1 saturated carbocycles. The van der Waals surface area contributed by atoms with E-state index >= 15 is 0 Å². The Morgan fingerprint density at radius 1 is 1.17 bits per heavy atom. The van der Waals surface area contributed by atoms with Crippen molar-refractivity contribution in [1.29, 1.82) is 0 Å². The summed E-state index contributed by atoms with van der Waals surface area (Å²) in [5.74, 6) is -1.85. The molecule has 150 valence electrons. The van der Waals surface area contributed by atoms with E-state index in [2.05, 4.69) is 10.3 Å². The minimum atomic E-state index is -0.907. The van der Waals surface area contributed by atoms with Crippen molar-refractivity contribution in [3.63, 3.8) is 0 Å². The number of hydrogen-bond donors (Lipinski definition) is 3. The number of ether oxygens (including phenoxy) is 1. The molecule has 29 heavy (non-hydrogen) atoms. The maximum atomic E-state index is 12.5. The Balaban J connectivity index is 1.50. The van der Waals surface area contributed by atoms with Gasteiger partial charge < -0.3 is 15.8 Å². The van der Waals surface area contributed by atoms with Crippen molar-refractivity contribution in [2.24, 2.45) is 0 Å². The van der Waals surface area contributed by atoms with Crippen molar-refractivity contribution in [2.75, 3.05) is 17.7 Å². The molecule has 0 saturated heterocycles. The Morgan fingerprint density at radius 3 is 2.66 bits per heavy atom. The standard InChI is InChI=1S/C19H18N4O6/c20-16-15(17(26)22-19(28)23(16)11-3-4-11)13(24)8-29-18(27)10-1-5-12-9(7-10)2-6-14(25)21-12/h1,5,7,11H,2-4,6,8,20H2,(H,21,25)(H,22,26,28). The molecule has 10 heteroatoms. The van der Waals surface area contributed by atoms with Gasteiger partial charge in [-0.2, -0.15) is 0 Å². The van der Waals surface area contributed by atoms with Crippen LogP contribution in [0, 0.1) is 0 Å². The summed E-state index contributed by atoms with van der Waals surface area (Å²) in [4.78, 5) is 62.2. The molecule has 0 atom stereocenters. The molecule has 2 heterocycles. The third-order valence-corrected chi connectivity index (χ3v) is 4.94. The van der Waals surface area contributed by atoms with Crippen LogP contribution in [0.1, 0.15) is 51.6 Å². The summed E-state index contributed by atoms with van der Waals surface area (Å²) < 4.78 is 6.23. The number of fused-ring (bicyclic) bond motifs is 1. The number of H-pyrrole nitrogens is 1. The molecule has 1 fully saturated rings. The number of carbonyl (C=O) groups is 3. The monoisotopic (exact) mass is 398 g/mol. The third-order valence-electron chi connectivity index (χ3n) is 4.94. The fourth-order valence-corrected chi connectivity index (χ4v) is 3.33. The zero-order chi connectivity index (χ0) is 20.7. The minimum absolute atomic E-state index is 0.0891. The van der Waals surface area contributed by atoms with E-state index < -0.39 is 35.2 Å². The average Bonchev–Trinajstić information content (AvgIpc) is 3.50. The maximum Gasteiger partial charge on any atom is 0.338 e. The number of ketones is 1. The molecule has 2 aliphatic rings. The van der Waals surface area contributed by atoms with Crippen LogP contribution in [0.2, 0.25) is 0 Å². The van der Waals surface area contributed by atoms with Crippen LogP contribution in [0.3, 0.4) is 0 Å². The van der Waals surface area contributed by atoms with Gasteiger partial charge in [0.15, 0.2) is 6.61 Å². The van der Waals surface area contributed by atoms with Gasteiger partial charge in [0.05, 0.1) is 5.56 Å². The Bertz CT molecular complexity index is 1160. The summed E-state index contributed by atoms with van der Waals surface area (Å²) in [6, 6.07) is 4.53. The molecule has 0 radical (unpaired) electrons. The van der Waals surface area contributed by atoms with Crippen molar-refractivity contribution >= 4 is 29.2 Å². The van der Waals surface area contributed by atoms with E-state index in [0.717, 1.165) is 18.4 Å². The lowest BCUT2D eigenvalue weighted by Crippen LogP contribution is -2.36. The first kappa shape index (κ1) is 18.7. The predicted octanol–water partition coefficient (Wildman–Crippen LogP) is 0.378. The highest BCUT2D eigenvalue weighted by atomic mass is 16.5. The lowest BCUT2D eigenvalue weighted by atomic mass is 10.0. The highest BCUT2D eigenvalue weighted by molar-refractivity contribution is 6.02. The number of nitrogens with zero attached hydrogens (tertiary/aromatic N) is 1. The number of aromatic amines is 1. The fraction of sp³-hybridized carbons (Fsp3) is 0.316. The number of esters is 1. The van der Waals surface area contributed by atoms with Gasteiger partial charge in [0.25, 0.3) is 5.56 Å². The van der Waals surface area contributed by atoms with Crippen LogP contribution in [0.5, 0.6) is 0 Å². The number of benzene rings is 1. The molecule has 0 spiro atoms. The van der Waals surface area contributed by atoms with Gasteiger partial charge in [0.1, 0.15) is 11.4 Å². The SMILES string of the molecule is Nc1c(C(=O)COC(=O)c2ccc3c(c2)CCC(=O)N3)c(=O)[nH]c(=O)n1C1CC1. The number of rotatable bonds is 5. The Morgan fingerprint density at radius 2 is 1.93 bits per heavy atom. The second kappa shape index (κ2) is 7.04. The predicted molar refractivity (Wildman–Crippen MR) is 102 cm³/mol. The van der Waals surface area contributed by atoms with E-state index in [4.69, 9.17) is 10.5 Å². The first-order chi connectivity index (χ1) is 13.8. The van der Waals surface area contributed by atoms with Gasteiger partial charge in [-0.3, -0.25) is 23.9 Å². The van der Waals surface area contributed by atoms with Gasteiger partial charge >= 0.3 is 11.7 Å². The Hall–Kier alpha value is -3.69. The van der Waals surface area contributed by atoms with Crippen LogP contribution < -0.4 is 22.3 Å². The number of nitrogen functional groups attached to an aromatic ring is 1. The highest BCUT2D eigenvalue weighted by Crippen LogP contribution is 2.35. The largest absolute Gasteiger partial charge is 0.454 e. The lowest BCUT2D eigenvalue weighted by molar-refractivity contribution is -0.116. The van der Waals surface area contributed by atoms with Gasteiger partial charge in [0.2, 0.25) is 11.7 Å². The molecule has 1 amide bonds. The van der Waals surface area contributed by atoms with Crippen LogP contribution in [0.4, 0.5) is 11.5 Å². The first-order valence-corrected chi connectivity index (χ1v) is 9.12. The molecular weight excluding hydrogens is 380 g/mol. The van der Waals surface area contributed by atoms with E-state index in [1.54, 1.807) is 12.1 Å². The van der Waals surface area contributed by atoms with Gasteiger partial charge in [-0.1, -0.05) is 0 Å². The average molecular weight is 398 g/mol. The molecule has 4 rings (SSSR count). The van der Waals surface area contributed by atoms with Crippen LogP contribution in [0.25, 0.3) is 0 Å². The number of nitrogens with one attached hydrogen (secondary N) is 2. The summed E-state index contributed by atoms with van der Waals surface area (Å²) in [5, 5.41) is 2.71. The summed E-state index contributed by atoms with van der Waals surface area (Å²) in [6.45, 7) is -0.692. The molecular formula is C19H18N4O6. The Labute approximate surface area is 163 Å². The number of carbonyl (C=O) groups excluding carboxylic acids is 3. The summed E-state index contributed by atoms with van der Waals surface area (Å²) in [7, 11) is 0. The molecule has 2 aromatic rings. The maximum absolute atomic E-state index is 12.5. The van der Waals surface area contributed by atoms with Gasteiger partial charge in [-0.25, -0.2) is 9.59 Å². The van der Waals surface area contributed by atoms with Crippen molar-refractivity contribution in [3.05, 3.63) is 55.7 Å². The van der Waals surface area contributed by atoms with Gasteiger partial charge in [0, 0.05) is 18.2 Å². The number of anilines is 2. The number of aryl methyl sites for hydroxylation is 1. The fourth-order valence-electron chi connectivity index (χ4n) is 3.33. The number of nitrogens with two attached hydrogens (primary N) is 1. The topological polar surface area (TPSA) is 153 Å². The molecule has 4 N–H and O–H groups in total. The first-order valence-electron chi connectivity index (χ1n) is 9.12. The van der Waals surface area contributed by atoms with E-state index in [1.165, 1.54) is 10.6 Å². The number of amides is 1. The number of hydrogen-bond acceptors (Lipinski definition) is 7. The zero-order valence-corrected chi connectivity index (χ0v) is 15.3. The normalized spacial score (nSPS) is 15.4. The van der Waals surface area contributed by atoms with Crippen molar-refractivity contribution in [3.8, 4) is 0 Å². The molecule has 0 bridgehead atoms. The summed E-state index contributed by atoms with van der Waals surface area (Å²) in [5.41, 5.74) is 5.57. The minimum Gasteiger partial charge on any atom is -0.454 e. The van der Waals surface area contributed by atoms with E-state index in [-0.39, 0.29) is 23.3 Å². The second-order valence-corrected chi connectivity index (χ2v) is 7.04. The van der Waals surface area contributed by atoms with E-state index in [1.807, 2.05) is 0 Å². The van der Waals surface area contributed by atoms with Crippen LogP contribution in [-0.4, -0.2) is 33.8 Å². The zero-order valence-electron chi connectivity index (χ0n) is 15.3. The molecule has 1 aliphatic heterocycles. The molecule has 0 unspecified atom stereocenters.